The van der Waals surface area contributed by atoms with E-state index in [2.05, 4.69) is 0 Å². The smallest absolute Gasteiger partial charge is 0.163 e. The van der Waals surface area contributed by atoms with E-state index in [0.717, 1.165) is 5.56 Å². The standard InChI is InChI=1S/C16H15ClO3/c1-11(18)13-8-14(17)16(19-2)9-15(13)20-10-12-6-4-3-5-7-12/h3-9H,10H2,1-2H3. The van der Waals surface area contributed by atoms with Crippen molar-refractivity contribution in [2.24, 2.45) is 0 Å². The fraction of sp³-hybridized carbons (Fsp3) is 0.188. The van der Waals surface area contributed by atoms with E-state index in [4.69, 9.17) is 21.1 Å². The highest BCUT2D eigenvalue weighted by atomic mass is 35.5. The van der Waals surface area contributed by atoms with E-state index in [1.165, 1.54) is 14.0 Å². The first-order chi connectivity index (χ1) is 9.61. The Morgan fingerprint density at radius 3 is 2.45 bits per heavy atom. The van der Waals surface area contributed by atoms with E-state index in [1.807, 2.05) is 30.3 Å². The average molecular weight is 291 g/mol. The number of benzene rings is 2. The van der Waals surface area contributed by atoms with Crippen molar-refractivity contribution in [1.82, 2.24) is 0 Å². The molecule has 4 heteroatoms. The molecule has 2 aromatic carbocycles. The molecule has 20 heavy (non-hydrogen) atoms. The molecule has 0 aliphatic carbocycles. The van der Waals surface area contributed by atoms with Gasteiger partial charge >= 0.3 is 0 Å². The van der Waals surface area contributed by atoms with Gasteiger partial charge in [-0.15, -0.1) is 0 Å². The molecule has 0 aliphatic rings. The molecule has 104 valence electrons. The Balaban J connectivity index is 2.27. The number of ether oxygens (including phenoxy) is 2. The molecule has 0 unspecified atom stereocenters. The summed E-state index contributed by atoms with van der Waals surface area (Å²) in [6.45, 7) is 1.86. The van der Waals surface area contributed by atoms with Gasteiger partial charge in [0.1, 0.15) is 18.1 Å². The summed E-state index contributed by atoms with van der Waals surface area (Å²) in [4.78, 5) is 11.6. The summed E-state index contributed by atoms with van der Waals surface area (Å²) in [5.41, 5.74) is 1.47. The fourth-order valence-corrected chi connectivity index (χ4v) is 2.06. The van der Waals surface area contributed by atoms with Crippen LogP contribution in [-0.2, 0) is 6.61 Å². The van der Waals surface area contributed by atoms with Gasteiger partial charge in [-0.1, -0.05) is 41.9 Å². The van der Waals surface area contributed by atoms with Crippen molar-refractivity contribution in [3.63, 3.8) is 0 Å². The molecule has 0 spiro atoms. The minimum Gasteiger partial charge on any atom is -0.495 e. The van der Waals surface area contributed by atoms with Crippen LogP contribution in [0.25, 0.3) is 0 Å². The van der Waals surface area contributed by atoms with Gasteiger partial charge < -0.3 is 9.47 Å². The summed E-state index contributed by atoms with van der Waals surface area (Å²) in [6, 6.07) is 12.9. The quantitative estimate of drug-likeness (QED) is 0.777. The average Bonchev–Trinajstić information content (AvgIpc) is 2.46. The molecule has 0 bridgehead atoms. The number of hydrogen-bond donors (Lipinski definition) is 0. The monoisotopic (exact) mass is 290 g/mol. The van der Waals surface area contributed by atoms with Crippen molar-refractivity contribution in [2.45, 2.75) is 13.5 Å². The predicted octanol–water partition coefficient (Wildman–Crippen LogP) is 4.13. The number of methoxy groups -OCH3 is 1. The predicted molar refractivity (Wildman–Crippen MR) is 78.8 cm³/mol. The van der Waals surface area contributed by atoms with Crippen LogP contribution in [0.5, 0.6) is 11.5 Å². The highest BCUT2D eigenvalue weighted by Gasteiger charge is 2.14. The van der Waals surface area contributed by atoms with Crippen LogP contribution in [0, 0.1) is 0 Å². The van der Waals surface area contributed by atoms with Gasteiger partial charge in [-0.25, -0.2) is 0 Å². The number of ketones is 1. The van der Waals surface area contributed by atoms with E-state index < -0.39 is 0 Å². The molecular weight excluding hydrogens is 276 g/mol. The first-order valence-corrected chi connectivity index (χ1v) is 6.55. The van der Waals surface area contributed by atoms with Crippen LogP contribution >= 0.6 is 11.6 Å². The minimum absolute atomic E-state index is 0.0994. The van der Waals surface area contributed by atoms with E-state index in [0.29, 0.717) is 28.7 Å². The lowest BCUT2D eigenvalue weighted by Crippen LogP contribution is -2.02. The fourth-order valence-electron chi connectivity index (χ4n) is 1.82. The van der Waals surface area contributed by atoms with Crippen molar-refractivity contribution in [2.75, 3.05) is 7.11 Å². The van der Waals surface area contributed by atoms with Crippen molar-refractivity contribution in [1.29, 1.82) is 0 Å². The molecular formula is C16H15ClO3. The molecule has 3 nitrogen and oxygen atoms in total. The van der Waals surface area contributed by atoms with Crippen molar-refractivity contribution in [3.05, 3.63) is 58.6 Å². The van der Waals surface area contributed by atoms with Gasteiger partial charge in [0.25, 0.3) is 0 Å². The summed E-state index contributed by atoms with van der Waals surface area (Å²) in [7, 11) is 1.52. The normalized spacial score (nSPS) is 10.2. The van der Waals surface area contributed by atoms with E-state index in [9.17, 15) is 4.79 Å². The molecule has 0 saturated heterocycles. The molecule has 0 heterocycles. The maximum Gasteiger partial charge on any atom is 0.163 e. The van der Waals surface area contributed by atoms with Gasteiger partial charge in [0.05, 0.1) is 17.7 Å². The Morgan fingerprint density at radius 1 is 1.15 bits per heavy atom. The Hall–Kier alpha value is -2.00. The van der Waals surface area contributed by atoms with Crippen LogP contribution in [0.1, 0.15) is 22.8 Å². The third kappa shape index (κ3) is 3.31. The number of hydrogen-bond acceptors (Lipinski definition) is 3. The SMILES string of the molecule is COc1cc(OCc2ccccc2)c(C(C)=O)cc1Cl. The lowest BCUT2D eigenvalue weighted by molar-refractivity contribution is 0.101. The Kier molecular flexibility index (Phi) is 4.64. The van der Waals surface area contributed by atoms with Crippen molar-refractivity contribution < 1.29 is 14.3 Å². The third-order valence-electron chi connectivity index (χ3n) is 2.87. The third-order valence-corrected chi connectivity index (χ3v) is 3.17. The summed E-state index contributed by atoms with van der Waals surface area (Å²) in [5.74, 6) is 0.861. The maximum absolute atomic E-state index is 11.6. The number of halogens is 1. The summed E-state index contributed by atoms with van der Waals surface area (Å²) >= 11 is 6.03. The van der Waals surface area contributed by atoms with Crippen LogP contribution < -0.4 is 9.47 Å². The van der Waals surface area contributed by atoms with Crippen molar-refractivity contribution in [3.8, 4) is 11.5 Å². The Morgan fingerprint density at radius 2 is 1.85 bits per heavy atom. The lowest BCUT2D eigenvalue weighted by atomic mass is 10.1. The second-order valence-corrected chi connectivity index (χ2v) is 4.72. The van der Waals surface area contributed by atoms with Crippen molar-refractivity contribution >= 4 is 17.4 Å². The maximum atomic E-state index is 11.6. The van der Waals surface area contributed by atoms with Gasteiger partial charge in [-0.05, 0) is 18.6 Å². The van der Waals surface area contributed by atoms with Gasteiger partial charge in [0.2, 0.25) is 0 Å². The summed E-state index contributed by atoms with van der Waals surface area (Å²) in [5, 5.41) is 0.393. The number of Topliss-reactive ketones (excluding diaryl/α,β-unsaturated/α-hetero) is 1. The lowest BCUT2D eigenvalue weighted by Gasteiger charge is -2.12. The van der Waals surface area contributed by atoms with Gasteiger partial charge in [-0.2, -0.15) is 0 Å². The van der Waals surface area contributed by atoms with Gasteiger partial charge in [0, 0.05) is 6.07 Å². The van der Waals surface area contributed by atoms with Crippen LogP contribution in [0.15, 0.2) is 42.5 Å². The first kappa shape index (κ1) is 14.4. The highest BCUT2D eigenvalue weighted by Crippen LogP contribution is 2.33. The zero-order valence-corrected chi connectivity index (χ0v) is 12.1. The second-order valence-electron chi connectivity index (χ2n) is 4.31. The van der Waals surface area contributed by atoms with E-state index >= 15 is 0 Å². The molecule has 0 amide bonds. The van der Waals surface area contributed by atoms with E-state index in [1.54, 1.807) is 12.1 Å². The number of rotatable bonds is 5. The van der Waals surface area contributed by atoms with Crippen LogP contribution in [0.4, 0.5) is 0 Å². The molecule has 0 N–H and O–H groups in total. The minimum atomic E-state index is -0.0994. The molecule has 0 radical (unpaired) electrons. The Bertz CT molecular complexity index is 609. The highest BCUT2D eigenvalue weighted by molar-refractivity contribution is 6.32. The molecule has 0 fully saturated rings. The topological polar surface area (TPSA) is 35.5 Å². The summed E-state index contributed by atoms with van der Waals surface area (Å²) < 4.78 is 10.9. The molecule has 2 aromatic rings. The number of carbonyl (C=O) groups excluding carboxylic acids is 1. The second kappa shape index (κ2) is 6.44. The molecule has 0 aromatic heterocycles. The zero-order valence-electron chi connectivity index (χ0n) is 11.4. The van der Waals surface area contributed by atoms with E-state index in [-0.39, 0.29) is 5.78 Å². The van der Waals surface area contributed by atoms with Crippen LogP contribution in [-0.4, -0.2) is 12.9 Å². The molecule has 2 rings (SSSR count). The van der Waals surface area contributed by atoms with Crippen LogP contribution in [0.2, 0.25) is 5.02 Å². The first-order valence-electron chi connectivity index (χ1n) is 6.17. The molecule has 0 saturated carbocycles. The van der Waals surface area contributed by atoms with Gasteiger partial charge in [0.15, 0.2) is 5.78 Å². The molecule has 0 aliphatic heterocycles. The zero-order chi connectivity index (χ0) is 14.5. The molecule has 0 atom stereocenters. The largest absolute Gasteiger partial charge is 0.495 e. The van der Waals surface area contributed by atoms with Crippen LogP contribution in [0.3, 0.4) is 0 Å². The summed E-state index contributed by atoms with van der Waals surface area (Å²) in [6.07, 6.45) is 0. The Labute approximate surface area is 123 Å². The van der Waals surface area contributed by atoms with Gasteiger partial charge in [-0.3, -0.25) is 4.79 Å². The number of carbonyl (C=O) groups is 1.